The maximum atomic E-state index is 12.1. The first-order valence-corrected chi connectivity index (χ1v) is 25.8. The zero-order chi connectivity index (χ0) is 45.1. The summed E-state index contributed by atoms with van der Waals surface area (Å²) in [7, 11) is -9.21. The second-order valence-corrected chi connectivity index (χ2v) is 18.8. The van der Waals surface area contributed by atoms with Gasteiger partial charge in [-0.3, -0.25) is 4.55 Å². The molecular weight excluding hydrogens is 865 g/mol. The van der Waals surface area contributed by atoms with Crippen LogP contribution in [0.25, 0.3) is 0 Å². The zero-order valence-corrected chi connectivity index (χ0v) is 41.6. The van der Waals surface area contributed by atoms with Gasteiger partial charge in [-0.1, -0.05) is 203 Å². The number of unbranched alkanes of at least 4 members (excludes halogenated alkanes) is 20. The van der Waals surface area contributed by atoms with Gasteiger partial charge in [0.1, 0.15) is 37.2 Å². The number of aromatic hydroxyl groups is 1. The average Bonchev–Trinajstić information content (AvgIpc) is 3.23. The molecule has 0 fully saturated rings. The van der Waals surface area contributed by atoms with Crippen LogP contribution in [-0.2, 0) is 33.1 Å². The molecule has 0 aliphatic heterocycles. The number of hydrogen-bond acceptors (Lipinski definition) is 9. The third-order valence-electron chi connectivity index (χ3n) is 10.9. The van der Waals surface area contributed by atoms with E-state index in [4.69, 9.17) is 9.47 Å². The fourth-order valence-electron chi connectivity index (χ4n) is 7.53. The molecule has 0 saturated carbocycles. The van der Waals surface area contributed by atoms with E-state index in [0.717, 1.165) is 38.5 Å². The second kappa shape index (κ2) is 31.9. The number of rotatable bonds is 30. The molecule has 0 radical (unpaired) electrons. The summed E-state index contributed by atoms with van der Waals surface area (Å²) in [5.41, 5.74) is 0.984. The van der Waals surface area contributed by atoms with Crippen LogP contribution in [0.2, 0.25) is 0 Å². The predicted octanol–water partition coefficient (Wildman–Crippen LogP) is 13.2. The molecule has 0 amide bonds. The Morgan fingerprint density at radius 2 is 0.810 bits per heavy atom. The van der Waals surface area contributed by atoms with Crippen molar-refractivity contribution in [3.63, 3.8) is 0 Å². The van der Waals surface area contributed by atoms with Gasteiger partial charge < -0.3 is 24.2 Å². The number of phenols is 1. The molecule has 63 heavy (non-hydrogen) atoms. The first kappa shape index (κ1) is 56.3. The molecule has 10 nitrogen and oxygen atoms in total. The second-order valence-electron chi connectivity index (χ2n) is 16.1. The number of benzene rings is 4. The zero-order valence-electron chi connectivity index (χ0n) is 37.7. The minimum atomic E-state index is -4.74. The van der Waals surface area contributed by atoms with Crippen molar-refractivity contribution in [3.05, 3.63) is 96.1 Å². The van der Waals surface area contributed by atoms with Crippen molar-refractivity contribution in [2.24, 2.45) is 0 Å². The van der Waals surface area contributed by atoms with Gasteiger partial charge >= 0.3 is 37.7 Å². The Morgan fingerprint density at radius 3 is 1.22 bits per heavy atom. The third kappa shape index (κ3) is 22.3. The first-order valence-electron chi connectivity index (χ1n) is 22.9. The summed E-state index contributed by atoms with van der Waals surface area (Å²) in [6.07, 6.45) is 27.6. The molecule has 0 aliphatic rings. The van der Waals surface area contributed by atoms with Crippen molar-refractivity contribution in [2.75, 3.05) is 0 Å². The molecule has 0 unspecified atom stereocenters. The maximum absolute atomic E-state index is 12.1. The standard InChI is InChI=1S/2C25H36O5S.Ca/c2*1-2-3-4-5-6-7-8-9-10-11-12-16-21-17-15-20-24(25(21)31(27,28)29)30-23-19-14-13-18-22(23)26;/h2*13-15,17-20,26H,2-12,16H2,1H3,(H,27,28,29);/q;;+2/p-2. The van der Waals surface area contributed by atoms with Crippen LogP contribution in [0.1, 0.15) is 166 Å². The van der Waals surface area contributed by atoms with Crippen LogP contribution in [0, 0.1) is 0 Å². The molecule has 0 heterocycles. The van der Waals surface area contributed by atoms with Crippen LogP contribution in [0.4, 0.5) is 0 Å². The van der Waals surface area contributed by atoms with Crippen molar-refractivity contribution >= 4 is 58.0 Å². The molecule has 0 saturated heterocycles. The van der Waals surface area contributed by atoms with Crippen LogP contribution >= 0.6 is 0 Å². The number of ether oxygens (including phenoxy) is 2. The van der Waals surface area contributed by atoms with Gasteiger partial charge in [0.05, 0.1) is 0 Å². The summed E-state index contributed by atoms with van der Waals surface area (Å²) in [6, 6.07) is 21.9. The summed E-state index contributed by atoms with van der Waals surface area (Å²) >= 11 is 0. The van der Waals surface area contributed by atoms with E-state index in [1.807, 2.05) is 0 Å². The van der Waals surface area contributed by atoms with Crippen molar-refractivity contribution in [1.29, 1.82) is 0 Å². The van der Waals surface area contributed by atoms with E-state index in [0.29, 0.717) is 24.0 Å². The molecule has 4 aromatic carbocycles. The van der Waals surface area contributed by atoms with Gasteiger partial charge in [-0.05, 0) is 67.1 Å². The van der Waals surface area contributed by atoms with E-state index in [-0.39, 0.29) is 82.0 Å². The van der Waals surface area contributed by atoms with Crippen molar-refractivity contribution in [2.45, 2.75) is 178 Å². The number of aryl methyl sites for hydroxylation is 2. The molecule has 13 heteroatoms. The number of para-hydroxylation sites is 4. The third-order valence-corrected chi connectivity index (χ3v) is 12.8. The number of hydrogen-bond donors (Lipinski definition) is 2. The largest absolute Gasteiger partial charge is 2.00 e. The summed E-state index contributed by atoms with van der Waals surface area (Å²) in [4.78, 5) is -0.573. The van der Waals surface area contributed by atoms with E-state index in [1.165, 1.54) is 133 Å². The Kier molecular flexibility index (Phi) is 28.5. The van der Waals surface area contributed by atoms with Gasteiger partial charge in [-0.2, -0.15) is 8.42 Å². The van der Waals surface area contributed by atoms with Crippen LogP contribution < -0.4 is 14.6 Å². The SMILES string of the molecule is CCCCCCCCCCCCCc1cccc(Oc2ccccc2O)c1S(=O)(=O)O.CCCCCCCCCCCCCc1cccc(Oc2ccccc2[O-])c1S(=O)(=O)[O-].[Ca+2]. The maximum Gasteiger partial charge on any atom is 2.00 e. The smallest absolute Gasteiger partial charge is 0.870 e. The molecule has 344 valence electrons. The summed E-state index contributed by atoms with van der Waals surface area (Å²) in [5.74, 6) is -0.394. The molecule has 4 rings (SSSR count). The van der Waals surface area contributed by atoms with Gasteiger partial charge in [0, 0.05) is 0 Å². The van der Waals surface area contributed by atoms with Crippen molar-refractivity contribution < 1.29 is 45.6 Å². The molecule has 0 bridgehead atoms. The van der Waals surface area contributed by atoms with E-state index in [2.05, 4.69) is 13.8 Å². The quantitative estimate of drug-likeness (QED) is 0.0291. The Labute approximate surface area is 408 Å². The normalized spacial score (nSPS) is 11.4. The number of phenolic OH excluding ortho intramolecular Hbond substituents is 1. The topological polar surface area (TPSA) is 173 Å². The first-order chi connectivity index (χ1) is 29.9. The van der Waals surface area contributed by atoms with Crippen molar-refractivity contribution in [1.82, 2.24) is 0 Å². The average molecular weight is 935 g/mol. The summed E-state index contributed by atoms with van der Waals surface area (Å²) in [5, 5.41) is 21.8. The van der Waals surface area contributed by atoms with Crippen LogP contribution in [0.5, 0.6) is 34.5 Å². The molecule has 0 spiro atoms. The van der Waals surface area contributed by atoms with E-state index >= 15 is 0 Å². The van der Waals surface area contributed by atoms with Gasteiger partial charge in [-0.25, -0.2) is 8.42 Å². The Balaban J connectivity index is 0.000000427. The van der Waals surface area contributed by atoms with Gasteiger partial charge in [0.15, 0.2) is 11.5 Å². The Hall–Kier alpha value is -2.84. The van der Waals surface area contributed by atoms with Gasteiger partial charge in [0.2, 0.25) is 0 Å². The monoisotopic (exact) mass is 934 g/mol. The van der Waals surface area contributed by atoms with E-state index in [9.17, 15) is 36.2 Å². The fourth-order valence-corrected chi connectivity index (χ4v) is 9.24. The molecule has 4 aromatic rings. The Morgan fingerprint density at radius 1 is 0.460 bits per heavy atom. The summed E-state index contributed by atoms with van der Waals surface area (Å²) in [6.45, 7) is 4.46. The molecule has 0 aromatic heterocycles. The molecule has 0 atom stereocenters. The predicted molar refractivity (Wildman–Crippen MR) is 251 cm³/mol. The van der Waals surface area contributed by atoms with Crippen LogP contribution in [-0.4, -0.2) is 68.8 Å². The minimum Gasteiger partial charge on any atom is -0.870 e. The molecule has 0 aliphatic carbocycles. The van der Waals surface area contributed by atoms with Gasteiger partial charge in [-0.15, -0.1) is 0 Å². The van der Waals surface area contributed by atoms with E-state index in [1.54, 1.807) is 54.6 Å². The van der Waals surface area contributed by atoms with Crippen molar-refractivity contribution in [3.8, 4) is 34.5 Å². The Bertz CT molecular complexity index is 1940. The fraction of sp³-hybridized carbons (Fsp3) is 0.520. The van der Waals surface area contributed by atoms with Gasteiger partial charge in [0.25, 0.3) is 10.1 Å². The molecular formula is C50H70CaO10S2. The summed E-state index contributed by atoms with van der Waals surface area (Å²) < 4.78 is 80.9. The molecule has 2 N–H and O–H groups in total. The van der Waals surface area contributed by atoms with Crippen LogP contribution in [0.15, 0.2) is 94.7 Å². The van der Waals surface area contributed by atoms with Crippen LogP contribution in [0.3, 0.4) is 0 Å². The minimum absolute atomic E-state index is 0. The van der Waals surface area contributed by atoms with E-state index < -0.39 is 20.2 Å².